The van der Waals surface area contributed by atoms with Crippen LogP contribution in [0.2, 0.25) is 0 Å². The lowest BCUT2D eigenvalue weighted by Gasteiger charge is -2.23. The van der Waals surface area contributed by atoms with Gasteiger partial charge in [0.1, 0.15) is 0 Å². The van der Waals surface area contributed by atoms with Gasteiger partial charge >= 0.3 is 6.03 Å². The molecule has 7 nitrogen and oxygen atoms in total. The highest BCUT2D eigenvalue weighted by Gasteiger charge is 2.23. The molecule has 0 unspecified atom stereocenters. The zero-order valence-corrected chi connectivity index (χ0v) is 16.5. The van der Waals surface area contributed by atoms with Crippen LogP contribution < -0.4 is 11.1 Å². The number of urea groups is 1. The average Bonchev–Trinajstić information content (AvgIpc) is 3.10. The molecule has 3 N–H and O–H groups in total. The van der Waals surface area contributed by atoms with Gasteiger partial charge in [0, 0.05) is 36.7 Å². The number of hydrogen-bond acceptors (Lipinski definition) is 4. The smallest absolute Gasteiger partial charge is 0.315 e. The molecule has 0 fully saturated rings. The predicted octanol–water partition coefficient (Wildman–Crippen LogP) is 2.55. The fourth-order valence-electron chi connectivity index (χ4n) is 3.23. The Balaban J connectivity index is 1.68. The zero-order chi connectivity index (χ0) is 20.3. The third-order valence-corrected chi connectivity index (χ3v) is 4.79. The number of primary amides is 1. The number of fused-ring (bicyclic) bond motifs is 1. The Hall–Kier alpha value is -2.93. The van der Waals surface area contributed by atoms with E-state index in [1.807, 2.05) is 38.1 Å². The van der Waals surface area contributed by atoms with E-state index >= 15 is 0 Å². The fourth-order valence-corrected chi connectivity index (χ4v) is 3.23. The minimum absolute atomic E-state index is 0.116. The summed E-state index contributed by atoms with van der Waals surface area (Å²) in [7, 11) is 1.65. The summed E-state index contributed by atoms with van der Waals surface area (Å²) in [6, 6.07) is 10.8. The van der Waals surface area contributed by atoms with E-state index in [-0.39, 0.29) is 11.3 Å². The van der Waals surface area contributed by atoms with E-state index in [0.717, 1.165) is 22.5 Å². The summed E-state index contributed by atoms with van der Waals surface area (Å²) in [6.45, 7) is 6.11. The first kappa shape index (κ1) is 19.8. The van der Waals surface area contributed by atoms with Gasteiger partial charge in [0.25, 0.3) is 5.91 Å². The topological polar surface area (TPSA) is 97.6 Å². The Morgan fingerprint density at radius 3 is 2.54 bits per heavy atom. The molecular formula is C21H26N4O3. The number of aromatic nitrogens is 1. The van der Waals surface area contributed by atoms with Crippen LogP contribution in [-0.4, -0.2) is 42.1 Å². The number of hydrogen-bond donors (Lipinski definition) is 2. The molecule has 7 heteroatoms. The number of methoxy groups -OCH3 is 1. The molecule has 0 spiro atoms. The van der Waals surface area contributed by atoms with Gasteiger partial charge in [0.15, 0.2) is 0 Å². The molecule has 1 aliphatic heterocycles. The van der Waals surface area contributed by atoms with Crippen molar-refractivity contribution in [3.63, 3.8) is 0 Å². The van der Waals surface area contributed by atoms with Crippen LogP contribution in [-0.2, 0) is 17.8 Å². The first-order valence-electron chi connectivity index (χ1n) is 9.20. The molecule has 1 aliphatic rings. The number of nitrogens with zero attached hydrogens (tertiary/aromatic N) is 2. The number of rotatable bonds is 6. The van der Waals surface area contributed by atoms with Crippen molar-refractivity contribution in [2.24, 2.45) is 11.1 Å². The van der Waals surface area contributed by atoms with Crippen molar-refractivity contribution >= 4 is 11.9 Å². The number of carbonyl (C=O) groups is 2. The van der Waals surface area contributed by atoms with Gasteiger partial charge in [-0.25, -0.2) is 4.79 Å². The maximum Gasteiger partial charge on any atom is 0.315 e. The second kappa shape index (κ2) is 7.98. The van der Waals surface area contributed by atoms with E-state index < -0.39 is 6.03 Å². The standard InChI is InChI=1S/C21H26N4O3/c1-21(2,13-28-3)12-23-19(26)15-6-4-14(5-7-15)17-9-8-16-10-25(20(22)27)11-18(16)24-17/h4-9H,10-13H2,1-3H3,(H2,22,27)(H,23,26). The van der Waals surface area contributed by atoms with Gasteiger partial charge in [0.2, 0.25) is 0 Å². The molecule has 0 radical (unpaired) electrons. The van der Waals surface area contributed by atoms with Gasteiger partial charge in [0.05, 0.1) is 24.5 Å². The Labute approximate surface area is 164 Å². The van der Waals surface area contributed by atoms with Gasteiger partial charge in [-0.2, -0.15) is 0 Å². The van der Waals surface area contributed by atoms with E-state index in [9.17, 15) is 9.59 Å². The van der Waals surface area contributed by atoms with Gasteiger partial charge in [-0.15, -0.1) is 0 Å². The van der Waals surface area contributed by atoms with Crippen molar-refractivity contribution in [2.45, 2.75) is 26.9 Å². The van der Waals surface area contributed by atoms with E-state index in [1.54, 1.807) is 24.1 Å². The number of nitrogens with one attached hydrogen (secondary N) is 1. The molecule has 3 amide bonds. The molecule has 0 atom stereocenters. The summed E-state index contributed by atoms with van der Waals surface area (Å²) in [6.07, 6.45) is 0. The SMILES string of the molecule is COCC(C)(C)CNC(=O)c1ccc(-c2ccc3c(n2)CN(C(N)=O)C3)cc1. The second-order valence-electron chi connectivity index (χ2n) is 7.85. The lowest BCUT2D eigenvalue weighted by molar-refractivity contribution is 0.0847. The highest BCUT2D eigenvalue weighted by Crippen LogP contribution is 2.25. The van der Waals surface area contributed by atoms with E-state index in [2.05, 4.69) is 10.3 Å². The van der Waals surface area contributed by atoms with E-state index in [0.29, 0.717) is 31.8 Å². The minimum atomic E-state index is -0.441. The number of nitrogens with two attached hydrogens (primary N) is 1. The minimum Gasteiger partial charge on any atom is -0.384 e. The Kier molecular flexibility index (Phi) is 5.65. The molecular weight excluding hydrogens is 356 g/mol. The van der Waals surface area contributed by atoms with E-state index in [4.69, 9.17) is 10.5 Å². The molecule has 1 aromatic heterocycles. The van der Waals surface area contributed by atoms with Crippen molar-refractivity contribution < 1.29 is 14.3 Å². The van der Waals surface area contributed by atoms with Crippen LogP contribution in [0.1, 0.15) is 35.5 Å². The average molecular weight is 382 g/mol. The van der Waals surface area contributed by atoms with Crippen LogP contribution in [0.4, 0.5) is 4.79 Å². The lowest BCUT2D eigenvalue weighted by atomic mass is 9.94. The number of pyridine rings is 1. The third kappa shape index (κ3) is 4.48. The predicted molar refractivity (Wildman–Crippen MR) is 106 cm³/mol. The van der Waals surface area contributed by atoms with Crippen molar-refractivity contribution in [1.82, 2.24) is 15.2 Å². The fraction of sp³-hybridized carbons (Fsp3) is 0.381. The molecule has 0 bridgehead atoms. The van der Waals surface area contributed by atoms with E-state index in [1.165, 1.54) is 0 Å². The van der Waals surface area contributed by atoms with Crippen molar-refractivity contribution in [1.29, 1.82) is 0 Å². The molecule has 3 rings (SSSR count). The maximum absolute atomic E-state index is 12.4. The Morgan fingerprint density at radius 2 is 1.89 bits per heavy atom. The van der Waals surface area contributed by atoms with Gasteiger partial charge in [-0.3, -0.25) is 9.78 Å². The zero-order valence-electron chi connectivity index (χ0n) is 16.5. The maximum atomic E-state index is 12.4. The largest absolute Gasteiger partial charge is 0.384 e. The summed E-state index contributed by atoms with van der Waals surface area (Å²) >= 11 is 0. The second-order valence-corrected chi connectivity index (χ2v) is 7.85. The number of carbonyl (C=O) groups excluding carboxylic acids is 2. The number of amides is 3. The molecule has 0 aliphatic carbocycles. The summed E-state index contributed by atoms with van der Waals surface area (Å²) in [5, 5.41) is 2.95. The quantitative estimate of drug-likeness (QED) is 0.802. The summed E-state index contributed by atoms with van der Waals surface area (Å²) in [5.74, 6) is -0.116. The normalized spacial score (nSPS) is 13.3. The summed E-state index contributed by atoms with van der Waals surface area (Å²) in [4.78, 5) is 29.9. The number of ether oxygens (including phenoxy) is 1. The molecule has 1 aromatic carbocycles. The van der Waals surface area contributed by atoms with Crippen LogP contribution in [0.3, 0.4) is 0 Å². The van der Waals surface area contributed by atoms with Crippen LogP contribution in [0.25, 0.3) is 11.3 Å². The van der Waals surface area contributed by atoms with Crippen LogP contribution in [0.15, 0.2) is 36.4 Å². The van der Waals surface area contributed by atoms with Crippen molar-refractivity contribution in [3.05, 3.63) is 53.2 Å². The van der Waals surface area contributed by atoms with Crippen LogP contribution in [0, 0.1) is 5.41 Å². The molecule has 0 saturated heterocycles. The molecule has 2 aromatic rings. The highest BCUT2D eigenvalue weighted by molar-refractivity contribution is 5.94. The van der Waals surface area contributed by atoms with Gasteiger partial charge in [-0.1, -0.05) is 32.0 Å². The van der Waals surface area contributed by atoms with Crippen molar-refractivity contribution in [2.75, 3.05) is 20.3 Å². The first-order chi connectivity index (χ1) is 13.3. The Morgan fingerprint density at radius 1 is 1.18 bits per heavy atom. The summed E-state index contributed by atoms with van der Waals surface area (Å²) in [5.41, 5.74) is 9.41. The lowest BCUT2D eigenvalue weighted by Crippen LogP contribution is -2.36. The molecule has 0 saturated carbocycles. The van der Waals surface area contributed by atoms with Crippen LogP contribution in [0.5, 0.6) is 0 Å². The van der Waals surface area contributed by atoms with Gasteiger partial charge < -0.3 is 20.7 Å². The van der Waals surface area contributed by atoms with Crippen molar-refractivity contribution in [3.8, 4) is 11.3 Å². The molecule has 148 valence electrons. The first-order valence-corrected chi connectivity index (χ1v) is 9.20. The molecule has 2 heterocycles. The molecule has 28 heavy (non-hydrogen) atoms. The number of benzene rings is 1. The summed E-state index contributed by atoms with van der Waals surface area (Å²) < 4.78 is 5.17. The Bertz CT molecular complexity index is 878. The highest BCUT2D eigenvalue weighted by atomic mass is 16.5. The van der Waals surface area contributed by atoms with Crippen LogP contribution >= 0.6 is 0 Å². The monoisotopic (exact) mass is 382 g/mol. The van der Waals surface area contributed by atoms with Gasteiger partial charge in [-0.05, 0) is 23.8 Å². The third-order valence-electron chi connectivity index (χ3n) is 4.79.